The Morgan fingerprint density at radius 3 is 3.09 bits per heavy atom. The number of thioether (sulfide) groups is 1. The monoisotopic (exact) mass is 170 g/mol. The van der Waals surface area contributed by atoms with Gasteiger partial charge >= 0.3 is 0 Å². The molecular weight excluding hydrogens is 158 g/mol. The fraction of sp³-hybridized carbons (Fsp3) is 0.571. The molecule has 1 heterocycles. The molecule has 0 aliphatic heterocycles. The molecule has 0 fully saturated rings. The molecule has 0 aromatic carbocycles. The van der Waals surface area contributed by atoms with Crippen LogP contribution in [0.4, 0.5) is 0 Å². The van der Waals surface area contributed by atoms with Gasteiger partial charge in [0, 0.05) is 12.8 Å². The van der Waals surface area contributed by atoms with Crippen molar-refractivity contribution in [3.8, 4) is 0 Å². The third-order valence-electron chi connectivity index (χ3n) is 1.20. The van der Waals surface area contributed by atoms with Crippen LogP contribution >= 0.6 is 11.8 Å². The van der Waals surface area contributed by atoms with E-state index in [4.69, 9.17) is 0 Å². The second-order valence-corrected chi connectivity index (χ2v) is 3.32. The van der Waals surface area contributed by atoms with Gasteiger partial charge in [0.15, 0.2) is 0 Å². The van der Waals surface area contributed by atoms with Crippen LogP contribution in [-0.2, 0) is 7.05 Å². The molecule has 0 N–H and O–H groups in total. The number of hydrogen-bond donors (Lipinski definition) is 0. The molecular formula is C7H12N3S. The molecule has 1 radical (unpaired) electrons. The molecule has 0 atom stereocenters. The summed E-state index contributed by atoms with van der Waals surface area (Å²) in [6.45, 7) is 3.76. The molecule has 0 unspecified atom stereocenters. The summed E-state index contributed by atoms with van der Waals surface area (Å²) < 4.78 is 1.71. The first kappa shape index (κ1) is 8.59. The maximum Gasteiger partial charge on any atom is 0.208 e. The molecule has 0 spiro atoms. The van der Waals surface area contributed by atoms with E-state index in [9.17, 15) is 0 Å². The highest BCUT2D eigenvalue weighted by atomic mass is 32.2. The lowest BCUT2D eigenvalue weighted by atomic mass is 10.4. The third-order valence-corrected chi connectivity index (χ3v) is 2.14. The van der Waals surface area contributed by atoms with Crippen molar-refractivity contribution in [2.75, 3.05) is 5.75 Å². The van der Waals surface area contributed by atoms with Crippen LogP contribution < -0.4 is 0 Å². The van der Waals surface area contributed by atoms with Gasteiger partial charge in [0.1, 0.15) is 6.33 Å². The van der Waals surface area contributed by atoms with E-state index in [0.29, 0.717) is 0 Å². The van der Waals surface area contributed by atoms with Crippen molar-refractivity contribution < 1.29 is 0 Å². The van der Waals surface area contributed by atoms with Crippen LogP contribution in [0.3, 0.4) is 0 Å². The Morgan fingerprint density at radius 2 is 2.55 bits per heavy atom. The number of unbranched alkanes of at least 4 members (excludes halogenated alkanes) is 1. The largest absolute Gasteiger partial charge is 0.255 e. The molecule has 1 rings (SSSR count). The summed E-state index contributed by atoms with van der Waals surface area (Å²) in [5.41, 5.74) is 0. The van der Waals surface area contributed by atoms with Crippen molar-refractivity contribution in [3.63, 3.8) is 0 Å². The highest BCUT2D eigenvalue weighted by Crippen LogP contribution is 2.12. The number of rotatable bonds is 4. The quantitative estimate of drug-likeness (QED) is 0.507. The van der Waals surface area contributed by atoms with E-state index in [1.54, 1.807) is 22.8 Å². The molecule has 0 saturated heterocycles. The van der Waals surface area contributed by atoms with E-state index in [-0.39, 0.29) is 0 Å². The lowest BCUT2D eigenvalue weighted by Crippen LogP contribution is -1.87. The molecule has 61 valence electrons. The van der Waals surface area contributed by atoms with Gasteiger partial charge < -0.3 is 0 Å². The van der Waals surface area contributed by atoms with Crippen LogP contribution in [0.1, 0.15) is 12.8 Å². The van der Waals surface area contributed by atoms with E-state index in [1.165, 1.54) is 0 Å². The molecule has 1 aromatic heterocycles. The number of aryl methyl sites for hydroxylation is 1. The molecule has 4 heteroatoms. The first-order chi connectivity index (χ1) is 5.33. The number of aromatic nitrogens is 3. The van der Waals surface area contributed by atoms with Crippen LogP contribution in [0.15, 0.2) is 11.5 Å². The van der Waals surface area contributed by atoms with Gasteiger partial charge in [-0.15, -0.1) is 5.10 Å². The first-order valence-corrected chi connectivity index (χ1v) is 4.59. The molecule has 0 aliphatic rings. The summed E-state index contributed by atoms with van der Waals surface area (Å²) in [5, 5.41) is 4.99. The average Bonchev–Trinajstić information content (AvgIpc) is 2.37. The molecule has 1 aromatic rings. The standard InChI is InChI=1S/C7H12N3S/c1-3-4-5-11-7-8-6-10(2)9-7/h6H,1,3-5H2,2H3. The van der Waals surface area contributed by atoms with Crippen molar-refractivity contribution in [1.82, 2.24) is 14.8 Å². The Bertz CT molecular complexity index is 209. The summed E-state index contributed by atoms with van der Waals surface area (Å²) in [6.07, 6.45) is 3.83. The molecule has 0 aliphatic carbocycles. The Morgan fingerprint density at radius 1 is 1.73 bits per heavy atom. The SMILES string of the molecule is [CH2]CCCSc1ncn(C)n1. The number of nitrogens with zero attached hydrogens (tertiary/aromatic N) is 3. The van der Waals surface area contributed by atoms with Crippen molar-refractivity contribution in [3.05, 3.63) is 13.3 Å². The molecule has 0 bridgehead atoms. The lowest BCUT2D eigenvalue weighted by molar-refractivity contribution is 0.737. The van der Waals surface area contributed by atoms with Gasteiger partial charge in [-0.1, -0.05) is 25.1 Å². The summed E-state index contributed by atoms with van der Waals surface area (Å²) in [7, 11) is 1.87. The minimum atomic E-state index is 0.862. The Labute approximate surface area is 71.2 Å². The predicted octanol–water partition coefficient (Wildman–Crippen LogP) is 1.52. The minimum absolute atomic E-state index is 0.862. The summed E-state index contributed by atoms with van der Waals surface area (Å²) in [6, 6.07) is 0. The van der Waals surface area contributed by atoms with Crippen molar-refractivity contribution in [2.24, 2.45) is 7.05 Å². The maximum absolute atomic E-state index is 4.13. The fourth-order valence-corrected chi connectivity index (χ4v) is 1.49. The fourth-order valence-electron chi connectivity index (χ4n) is 0.651. The third kappa shape index (κ3) is 2.93. The maximum atomic E-state index is 4.13. The van der Waals surface area contributed by atoms with Crippen molar-refractivity contribution >= 4 is 11.8 Å². The Kier molecular flexibility index (Phi) is 3.42. The zero-order valence-corrected chi connectivity index (χ0v) is 7.47. The molecule has 11 heavy (non-hydrogen) atoms. The molecule has 0 saturated carbocycles. The Hall–Kier alpha value is -0.510. The van der Waals surface area contributed by atoms with E-state index >= 15 is 0 Å². The normalized spacial score (nSPS) is 10.4. The second-order valence-electron chi connectivity index (χ2n) is 2.26. The molecule has 3 nitrogen and oxygen atoms in total. The van der Waals surface area contributed by atoms with Crippen molar-refractivity contribution in [1.29, 1.82) is 0 Å². The Balaban J connectivity index is 2.27. The van der Waals surface area contributed by atoms with E-state index in [0.717, 1.165) is 23.8 Å². The predicted molar refractivity (Wildman–Crippen MR) is 46.3 cm³/mol. The summed E-state index contributed by atoms with van der Waals surface area (Å²) in [5.74, 6) is 1.06. The molecule has 0 amide bonds. The van der Waals surface area contributed by atoms with Crippen LogP contribution in [0.5, 0.6) is 0 Å². The van der Waals surface area contributed by atoms with E-state index < -0.39 is 0 Å². The minimum Gasteiger partial charge on any atom is -0.255 e. The topological polar surface area (TPSA) is 30.7 Å². The van der Waals surface area contributed by atoms with Crippen LogP contribution in [0, 0.1) is 6.92 Å². The van der Waals surface area contributed by atoms with Crippen LogP contribution in [-0.4, -0.2) is 20.5 Å². The van der Waals surface area contributed by atoms with Gasteiger partial charge in [-0.3, -0.25) is 4.68 Å². The zero-order chi connectivity index (χ0) is 8.10. The van der Waals surface area contributed by atoms with Gasteiger partial charge in [0.25, 0.3) is 0 Å². The first-order valence-electron chi connectivity index (χ1n) is 3.60. The zero-order valence-electron chi connectivity index (χ0n) is 6.66. The van der Waals surface area contributed by atoms with E-state index in [2.05, 4.69) is 17.0 Å². The van der Waals surface area contributed by atoms with Gasteiger partial charge in [-0.05, 0) is 6.42 Å². The average molecular weight is 170 g/mol. The van der Waals surface area contributed by atoms with E-state index in [1.807, 2.05) is 7.05 Å². The highest BCUT2D eigenvalue weighted by Gasteiger charge is 1.96. The number of hydrogen-bond acceptors (Lipinski definition) is 3. The van der Waals surface area contributed by atoms with Crippen LogP contribution in [0.2, 0.25) is 0 Å². The second kappa shape index (κ2) is 4.38. The van der Waals surface area contributed by atoms with Gasteiger partial charge in [-0.25, -0.2) is 4.98 Å². The summed E-state index contributed by atoms with van der Waals surface area (Å²) >= 11 is 1.68. The van der Waals surface area contributed by atoms with Gasteiger partial charge in [0.05, 0.1) is 0 Å². The summed E-state index contributed by atoms with van der Waals surface area (Å²) in [4.78, 5) is 4.08. The highest BCUT2D eigenvalue weighted by molar-refractivity contribution is 7.99. The van der Waals surface area contributed by atoms with Gasteiger partial charge in [-0.2, -0.15) is 0 Å². The van der Waals surface area contributed by atoms with Crippen molar-refractivity contribution in [2.45, 2.75) is 18.0 Å². The lowest BCUT2D eigenvalue weighted by Gasteiger charge is -1.91. The van der Waals surface area contributed by atoms with Crippen LogP contribution in [0.25, 0.3) is 0 Å². The van der Waals surface area contributed by atoms with Gasteiger partial charge in [0.2, 0.25) is 5.16 Å². The smallest absolute Gasteiger partial charge is 0.208 e.